The minimum absolute atomic E-state index is 1.09. The van der Waals surface area contributed by atoms with Gasteiger partial charge in [0.05, 0.1) is 0 Å². The molecule has 0 aliphatic rings. The SMILES string of the molecule is Brc1ccc([NH+](c2ccc(Br)cc2)c2ccc(Br)cc2)cc1.Fc1c(F)c(F)c([B-](c2c(F)c(F)c(F)c(F)c2F)(c2c(F)c(F)c(F)c(F)c2F)c2c(F)c(F)c(F)c(F)c2F)c(F)c1F. The number of quaternary nitrogens is 1. The third-order valence-electron chi connectivity index (χ3n) is 10.1. The molecule has 0 fully saturated rings. The molecule has 1 nitrogen and oxygen atoms in total. The second-order valence-electron chi connectivity index (χ2n) is 13.7. The Morgan fingerprint density at radius 2 is 0.358 bits per heavy atom. The van der Waals surface area contributed by atoms with Crippen LogP contribution >= 0.6 is 47.8 Å². The van der Waals surface area contributed by atoms with E-state index in [0.29, 0.717) is 0 Å². The van der Waals surface area contributed by atoms with Crippen molar-refractivity contribution >= 4 is 92.8 Å². The van der Waals surface area contributed by atoms with Crippen LogP contribution in [0.3, 0.4) is 0 Å². The average molecular weight is 1160 g/mol. The zero-order valence-electron chi connectivity index (χ0n) is 31.7. The maximum atomic E-state index is 15.4. The summed E-state index contributed by atoms with van der Waals surface area (Å²) in [6.45, 7) is 0. The lowest BCUT2D eigenvalue weighted by atomic mass is 9.12. The van der Waals surface area contributed by atoms with E-state index in [4.69, 9.17) is 0 Å². The largest absolute Gasteiger partial charge is 0.238 e. The smallest absolute Gasteiger partial charge is 0.200 e. The molecule has 0 aromatic heterocycles. The van der Waals surface area contributed by atoms with Gasteiger partial charge < -0.3 is 0 Å². The molecule has 7 aromatic rings. The fourth-order valence-corrected chi connectivity index (χ4v) is 8.02. The van der Waals surface area contributed by atoms with Crippen LogP contribution in [0.1, 0.15) is 0 Å². The first-order valence-electron chi connectivity index (χ1n) is 17.7. The number of rotatable bonds is 7. The summed E-state index contributed by atoms with van der Waals surface area (Å²) in [7, 11) is 0. The molecule has 25 heteroatoms. The van der Waals surface area contributed by atoms with Gasteiger partial charge >= 0.3 is 0 Å². The second-order valence-corrected chi connectivity index (χ2v) is 16.4. The van der Waals surface area contributed by atoms with Gasteiger partial charge in [-0.15, -0.1) is 21.9 Å². The van der Waals surface area contributed by atoms with Crippen LogP contribution in [0.15, 0.2) is 86.2 Å². The van der Waals surface area contributed by atoms with Gasteiger partial charge in [0, 0.05) is 49.8 Å². The minimum atomic E-state index is -7.22. The first-order chi connectivity index (χ1) is 31.3. The van der Waals surface area contributed by atoms with E-state index in [2.05, 4.69) is 121 Å². The normalized spacial score (nSPS) is 11.6. The van der Waals surface area contributed by atoms with Crippen LogP contribution in [-0.4, -0.2) is 6.15 Å². The van der Waals surface area contributed by atoms with Crippen LogP contribution < -0.4 is 26.8 Å². The van der Waals surface area contributed by atoms with Crippen molar-refractivity contribution in [2.24, 2.45) is 0 Å². The first kappa shape index (κ1) is 51.0. The van der Waals surface area contributed by atoms with Crippen molar-refractivity contribution < 1.29 is 92.7 Å². The van der Waals surface area contributed by atoms with Gasteiger partial charge in [-0.3, -0.25) is 0 Å². The Labute approximate surface area is 386 Å². The number of hydrogen-bond acceptors (Lipinski definition) is 0. The van der Waals surface area contributed by atoms with Crippen LogP contribution in [-0.2, 0) is 0 Å². The van der Waals surface area contributed by atoms with E-state index in [9.17, 15) is 52.7 Å². The highest BCUT2D eigenvalue weighted by molar-refractivity contribution is 9.11. The van der Waals surface area contributed by atoms with Gasteiger partial charge in [-0.05, 0) is 36.4 Å². The molecule has 0 heterocycles. The van der Waals surface area contributed by atoms with Gasteiger partial charge in [-0.2, -0.15) is 0 Å². The van der Waals surface area contributed by atoms with Crippen LogP contribution in [0.25, 0.3) is 0 Å². The highest BCUT2D eigenvalue weighted by Gasteiger charge is 2.52. The highest BCUT2D eigenvalue weighted by atomic mass is 79.9. The van der Waals surface area contributed by atoms with Gasteiger partial charge in [0.1, 0.15) is 69.7 Å². The number of halogens is 23. The molecule has 350 valence electrons. The maximum Gasteiger partial charge on any atom is 0.200 e. The number of nitrogens with one attached hydrogen (secondary N) is 1. The van der Waals surface area contributed by atoms with Crippen LogP contribution in [0.4, 0.5) is 105 Å². The Morgan fingerprint density at radius 1 is 0.224 bits per heavy atom. The summed E-state index contributed by atoms with van der Waals surface area (Å²) in [6.07, 6.45) is -7.22. The van der Waals surface area contributed by atoms with E-state index < -0.39 is 144 Å². The lowest BCUT2D eigenvalue weighted by Crippen LogP contribution is -2.96. The summed E-state index contributed by atoms with van der Waals surface area (Å²) in [4.78, 5) is 1.23. The zero-order valence-corrected chi connectivity index (χ0v) is 36.5. The predicted octanol–water partition coefficient (Wildman–Crippen LogP) is 12.0. The van der Waals surface area contributed by atoms with Crippen LogP contribution in [0.2, 0.25) is 0 Å². The molecule has 0 spiro atoms. The van der Waals surface area contributed by atoms with Crippen molar-refractivity contribution in [3.63, 3.8) is 0 Å². The summed E-state index contributed by atoms with van der Waals surface area (Å²) in [5.41, 5.74) is -10.7. The summed E-state index contributed by atoms with van der Waals surface area (Å²) >= 11 is 10.5. The zero-order chi connectivity index (χ0) is 49.9. The van der Waals surface area contributed by atoms with Crippen LogP contribution in [0.5, 0.6) is 0 Å². The Balaban J connectivity index is 0.000000279. The monoisotopic (exact) mass is 1160 g/mol. The fraction of sp³-hybridized carbons (Fsp3) is 0. The van der Waals surface area contributed by atoms with Crippen LogP contribution in [0, 0.1) is 116 Å². The Kier molecular flexibility index (Phi) is 14.7. The average Bonchev–Trinajstić information content (AvgIpc) is 3.31. The summed E-state index contributed by atoms with van der Waals surface area (Å²) < 4.78 is 297. The standard InChI is InChI=1S/C24BF20.C18H12Br3N/c26-5-1(6(27)14(35)21(42)13(5)34)25(2-7(28)15(36)22(43)16(37)8(2)29,3-9(30)17(38)23(44)18(39)10(3)31)4-11(32)19(40)24(45)20(41)12(4)33;19-13-1-7-16(8-2-13)22(17-9-3-14(20)4-10-17)18-11-5-15(21)6-12-18/h;1-12H/q-1;/p+1. The van der Waals surface area contributed by atoms with Gasteiger partial charge in [0.15, 0.2) is 69.8 Å². The van der Waals surface area contributed by atoms with E-state index >= 15 is 35.1 Å². The third kappa shape index (κ3) is 8.49. The van der Waals surface area contributed by atoms with Gasteiger partial charge in [0.25, 0.3) is 0 Å². The van der Waals surface area contributed by atoms with E-state index in [1.807, 2.05) is 0 Å². The molecule has 0 saturated carbocycles. The molecule has 0 radical (unpaired) electrons. The molecule has 0 saturated heterocycles. The van der Waals surface area contributed by atoms with E-state index in [1.54, 1.807) is 0 Å². The quantitative estimate of drug-likeness (QED) is 0.0702. The molecular formula is C42H13BBr3F20N. The minimum Gasteiger partial charge on any atom is -0.238 e. The van der Waals surface area contributed by atoms with E-state index in [-0.39, 0.29) is 0 Å². The highest BCUT2D eigenvalue weighted by Crippen LogP contribution is 2.31. The maximum absolute atomic E-state index is 15.4. The Morgan fingerprint density at radius 3 is 0.507 bits per heavy atom. The second kappa shape index (κ2) is 19.3. The predicted molar refractivity (Wildman–Crippen MR) is 212 cm³/mol. The Hall–Kier alpha value is -5.40. The van der Waals surface area contributed by atoms with Crippen molar-refractivity contribution in [2.45, 2.75) is 0 Å². The molecule has 7 aromatic carbocycles. The summed E-state index contributed by atoms with van der Waals surface area (Å²) in [5.74, 6) is -71.4. The molecule has 1 N–H and O–H groups in total. The topological polar surface area (TPSA) is 4.44 Å². The molecular weight excluding hydrogens is 1150 g/mol. The summed E-state index contributed by atoms with van der Waals surface area (Å²) in [5, 5.41) is 0. The van der Waals surface area contributed by atoms with Crippen molar-refractivity contribution in [2.75, 3.05) is 0 Å². The van der Waals surface area contributed by atoms with Crippen molar-refractivity contribution in [3.05, 3.63) is 203 Å². The number of benzene rings is 7. The molecule has 0 bridgehead atoms. The third-order valence-corrected chi connectivity index (χ3v) is 11.7. The molecule has 0 aliphatic carbocycles. The van der Waals surface area contributed by atoms with Gasteiger partial charge in [0.2, 0.25) is 0 Å². The molecule has 0 atom stereocenters. The Bertz CT molecular complexity index is 2610. The van der Waals surface area contributed by atoms with Crippen molar-refractivity contribution in [1.82, 2.24) is 0 Å². The van der Waals surface area contributed by atoms with E-state index in [1.165, 1.54) is 22.0 Å². The van der Waals surface area contributed by atoms with Crippen molar-refractivity contribution in [1.29, 1.82) is 0 Å². The molecule has 0 amide bonds. The molecule has 0 aliphatic heterocycles. The molecule has 0 unspecified atom stereocenters. The lowest BCUT2D eigenvalue weighted by molar-refractivity contribution is -0.681. The first-order valence-corrected chi connectivity index (χ1v) is 20.1. The van der Waals surface area contributed by atoms with Gasteiger partial charge in [-0.1, -0.05) is 47.8 Å². The lowest BCUT2D eigenvalue weighted by Gasteiger charge is -2.44. The van der Waals surface area contributed by atoms with Crippen molar-refractivity contribution in [3.8, 4) is 0 Å². The van der Waals surface area contributed by atoms with E-state index in [0.717, 1.165) is 13.4 Å². The summed E-state index contributed by atoms with van der Waals surface area (Å²) in [6, 6.07) is 25.3. The fourth-order valence-electron chi connectivity index (χ4n) is 7.22. The molecule has 67 heavy (non-hydrogen) atoms. The van der Waals surface area contributed by atoms with Gasteiger partial charge in [-0.25, -0.2) is 92.7 Å². The number of hydrogen-bond donors (Lipinski definition) is 1. The molecule has 7 rings (SSSR count).